The second-order valence-electron chi connectivity index (χ2n) is 4.82. The number of aromatic nitrogens is 6. The van der Waals surface area contributed by atoms with Gasteiger partial charge in [0, 0.05) is 19.0 Å². The summed E-state index contributed by atoms with van der Waals surface area (Å²) in [5.41, 5.74) is 0.864. The molecule has 3 heterocycles. The van der Waals surface area contributed by atoms with Gasteiger partial charge in [-0.15, -0.1) is 10.2 Å². The first-order valence-corrected chi connectivity index (χ1v) is 9.35. The van der Waals surface area contributed by atoms with Gasteiger partial charge in [-0.1, -0.05) is 0 Å². The Morgan fingerprint density at radius 3 is 2.91 bits per heavy atom. The molecule has 0 radical (unpaired) electrons. The Labute approximate surface area is 131 Å². The molecule has 0 N–H and O–H groups in total. The predicted octanol–water partition coefficient (Wildman–Crippen LogP) is 0.825. The number of nitrogens with zero attached hydrogens (tertiary/aromatic N) is 6. The van der Waals surface area contributed by atoms with Gasteiger partial charge >= 0.3 is 0 Å². The van der Waals surface area contributed by atoms with Crippen LogP contribution in [-0.2, 0) is 16.4 Å². The topological polar surface area (TPSA) is 95.0 Å². The second kappa shape index (κ2) is 5.69. The van der Waals surface area contributed by atoms with Crippen molar-refractivity contribution in [3.63, 3.8) is 0 Å². The molecule has 0 atom stereocenters. The number of rotatable bonds is 5. The minimum Gasteiger partial charge on any atom is -0.305 e. The van der Waals surface area contributed by atoms with Gasteiger partial charge in [0.25, 0.3) is 0 Å². The molecule has 22 heavy (non-hydrogen) atoms. The molecule has 0 spiro atoms. The highest BCUT2D eigenvalue weighted by molar-refractivity contribution is 7.99. The van der Waals surface area contributed by atoms with E-state index < -0.39 is 9.84 Å². The summed E-state index contributed by atoms with van der Waals surface area (Å²) in [5, 5.41) is 13.6. The van der Waals surface area contributed by atoms with Crippen molar-refractivity contribution in [2.45, 2.75) is 23.7 Å². The first-order valence-electron chi connectivity index (χ1n) is 6.48. The third-order valence-electron chi connectivity index (χ3n) is 3.07. The highest BCUT2D eigenvalue weighted by Crippen LogP contribution is 2.28. The normalized spacial score (nSPS) is 12.1. The van der Waals surface area contributed by atoms with E-state index >= 15 is 0 Å². The van der Waals surface area contributed by atoms with Gasteiger partial charge in [0.15, 0.2) is 5.16 Å². The van der Waals surface area contributed by atoms with E-state index in [0.717, 1.165) is 10.5 Å². The van der Waals surface area contributed by atoms with E-state index in [1.54, 1.807) is 16.0 Å². The van der Waals surface area contributed by atoms with E-state index in [1.807, 2.05) is 18.3 Å². The number of aryl methyl sites for hydroxylation is 1. The summed E-state index contributed by atoms with van der Waals surface area (Å²) in [5.74, 6) is 0.718. The third kappa shape index (κ3) is 3.12. The Hall–Kier alpha value is -1.94. The van der Waals surface area contributed by atoms with Gasteiger partial charge in [0.05, 0.1) is 11.3 Å². The van der Waals surface area contributed by atoms with Crippen molar-refractivity contribution in [2.24, 2.45) is 0 Å². The van der Waals surface area contributed by atoms with Crippen molar-refractivity contribution < 1.29 is 8.42 Å². The Balaban J connectivity index is 1.91. The zero-order valence-electron chi connectivity index (χ0n) is 12.0. The molecule has 116 valence electrons. The molecule has 0 saturated heterocycles. The number of hydrogen-bond acceptors (Lipinski definition) is 7. The lowest BCUT2D eigenvalue weighted by Crippen LogP contribution is -2.13. The maximum atomic E-state index is 11.4. The summed E-state index contributed by atoms with van der Waals surface area (Å²) in [6, 6.07) is 3.79. The van der Waals surface area contributed by atoms with Crippen molar-refractivity contribution in [3.05, 3.63) is 30.5 Å². The smallest absolute Gasteiger partial charge is 0.197 e. The molecule has 0 amide bonds. The molecular weight excluding hydrogens is 324 g/mol. The Bertz CT molecular complexity index is 915. The van der Waals surface area contributed by atoms with Crippen molar-refractivity contribution in [3.8, 4) is 0 Å². The van der Waals surface area contributed by atoms with Gasteiger partial charge in [-0.3, -0.25) is 0 Å². The van der Waals surface area contributed by atoms with Gasteiger partial charge < -0.3 is 4.57 Å². The van der Waals surface area contributed by atoms with Crippen LogP contribution in [0.2, 0.25) is 0 Å². The highest BCUT2D eigenvalue weighted by atomic mass is 32.2. The predicted molar refractivity (Wildman–Crippen MR) is 81.6 cm³/mol. The molecule has 0 unspecified atom stereocenters. The number of sulfone groups is 1. The van der Waals surface area contributed by atoms with Crippen molar-refractivity contribution in [1.29, 1.82) is 0 Å². The molecule has 10 heteroatoms. The van der Waals surface area contributed by atoms with Crippen LogP contribution < -0.4 is 0 Å². The van der Waals surface area contributed by atoms with Crippen LogP contribution in [0, 0.1) is 6.92 Å². The Morgan fingerprint density at radius 2 is 2.14 bits per heavy atom. The van der Waals surface area contributed by atoms with Crippen LogP contribution in [0.5, 0.6) is 0 Å². The lowest BCUT2D eigenvalue weighted by molar-refractivity contribution is 0.587. The summed E-state index contributed by atoms with van der Waals surface area (Å²) in [4.78, 5) is 4.27. The van der Waals surface area contributed by atoms with E-state index in [4.69, 9.17) is 0 Å². The van der Waals surface area contributed by atoms with Gasteiger partial charge in [0.2, 0.25) is 0 Å². The summed E-state index contributed by atoms with van der Waals surface area (Å²) < 4.78 is 26.2. The van der Waals surface area contributed by atoms with E-state index in [2.05, 4.69) is 20.3 Å². The maximum absolute atomic E-state index is 11.4. The summed E-state index contributed by atoms with van der Waals surface area (Å²) in [6.45, 7) is 2.12. The van der Waals surface area contributed by atoms with Crippen molar-refractivity contribution in [2.75, 3.05) is 12.0 Å². The molecule has 0 aliphatic heterocycles. The lowest BCUT2D eigenvalue weighted by atomic mass is 10.5. The molecular formula is C12H14N6O2S2. The molecule has 8 nitrogen and oxygen atoms in total. The summed E-state index contributed by atoms with van der Waals surface area (Å²) >= 11 is 1.34. The zero-order valence-corrected chi connectivity index (χ0v) is 13.7. The first kappa shape index (κ1) is 15.0. The van der Waals surface area contributed by atoms with Crippen molar-refractivity contribution in [1.82, 2.24) is 29.4 Å². The van der Waals surface area contributed by atoms with Gasteiger partial charge in [0.1, 0.15) is 27.0 Å². The molecule has 0 saturated carbocycles. The molecule has 0 aliphatic carbocycles. The molecule has 3 aromatic rings. The SMILES string of the molecule is Cc1nnc(Sc2ncnn3cccc23)n1CCS(C)(=O)=O. The molecule has 0 fully saturated rings. The Morgan fingerprint density at radius 1 is 1.32 bits per heavy atom. The average Bonchev–Trinajstić information content (AvgIpc) is 3.04. The summed E-state index contributed by atoms with van der Waals surface area (Å²) in [6.07, 6.45) is 4.52. The molecule has 3 rings (SSSR count). The van der Waals surface area contributed by atoms with Gasteiger partial charge in [-0.05, 0) is 30.8 Å². The number of hydrogen-bond donors (Lipinski definition) is 0. The van der Waals surface area contributed by atoms with Crippen LogP contribution in [0.25, 0.3) is 5.52 Å². The van der Waals surface area contributed by atoms with E-state index in [1.165, 1.54) is 24.3 Å². The monoisotopic (exact) mass is 338 g/mol. The minimum atomic E-state index is -3.05. The first-order chi connectivity index (χ1) is 10.4. The van der Waals surface area contributed by atoms with Crippen LogP contribution in [0.4, 0.5) is 0 Å². The Kier molecular flexibility index (Phi) is 3.87. The summed E-state index contributed by atoms with van der Waals surface area (Å²) in [7, 11) is -3.05. The third-order valence-corrected chi connectivity index (χ3v) is 4.99. The molecule has 0 bridgehead atoms. The molecule has 3 aromatic heterocycles. The number of fused-ring (bicyclic) bond motifs is 1. The maximum Gasteiger partial charge on any atom is 0.197 e. The van der Waals surface area contributed by atoms with E-state index in [-0.39, 0.29) is 5.75 Å². The van der Waals surface area contributed by atoms with E-state index in [9.17, 15) is 8.42 Å². The zero-order chi connectivity index (χ0) is 15.7. The van der Waals surface area contributed by atoms with Crippen LogP contribution >= 0.6 is 11.8 Å². The van der Waals surface area contributed by atoms with E-state index in [0.29, 0.717) is 17.5 Å². The van der Waals surface area contributed by atoms with Gasteiger partial charge in [-0.25, -0.2) is 17.9 Å². The van der Waals surface area contributed by atoms with Crippen LogP contribution in [-0.4, -0.2) is 49.8 Å². The second-order valence-corrected chi connectivity index (χ2v) is 8.03. The van der Waals surface area contributed by atoms with Crippen molar-refractivity contribution >= 4 is 27.1 Å². The van der Waals surface area contributed by atoms with Gasteiger partial charge in [-0.2, -0.15) is 5.10 Å². The lowest BCUT2D eigenvalue weighted by Gasteiger charge is -2.07. The highest BCUT2D eigenvalue weighted by Gasteiger charge is 2.15. The molecule has 0 aliphatic rings. The standard InChI is InChI=1S/C12H14N6O2S2/c1-9-15-16-12(17(9)6-7-22(2,19)20)21-11-10-4-3-5-18(10)14-8-13-11/h3-5,8H,6-7H2,1-2H3. The fraction of sp³-hybridized carbons (Fsp3) is 0.333. The van der Waals surface area contributed by atoms with Crippen LogP contribution in [0.15, 0.2) is 34.8 Å². The fourth-order valence-corrected chi connectivity index (χ4v) is 3.43. The molecule has 0 aromatic carbocycles. The fourth-order valence-electron chi connectivity index (χ4n) is 1.96. The average molecular weight is 338 g/mol. The largest absolute Gasteiger partial charge is 0.305 e. The van der Waals surface area contributed by atoms with Crippen LogP contribution in [0.3, 0.4) is 0 Å². The minimum absolute atomic E-state index is 0.0454. The quantitative estimate of drug-likeness (QED) is 0.680. The van der Waals surface area contributed by atoms with Crippen LogP contribution in [0.1, 0.15) is 5.82 Å².